The van der Waals surface area contributed by atoms with Gasteiger partial charge in [-0.25, -0.2) is 0 Å². The lowest BCUT2D eigenvalue weighted by Gasteiger charge is -2.32. The zero-order chi connectivity index (χ0) is 9.84. The average molecular weight is 185 g/mol. The van der Waals surface area contributed by atoms with E-state index in [1.807, 2.05) is 0 Å². The summed E-state index contributed by atoms with van der Waals surface area (Å²) in [5.74, 6) is 1.74. The molecule has 3 heteroatoms. The summed E-state index contributed by atoms with van der Waals surface area (Å²) in [5, 5.41) is 3.20. The summed E-state index contributed by atoms with van der Waals surface area (Å²) in [5.41, 5.74) is 11.0. The molecule has 0 heterocycles. The van der Waals surface area contributed by atoms with Crippen LogP contribution in [0.4, 0.5) is 0 Å². The van der Waals surface area contributed by atoms with Crippen LogP contribution in [0.25, 0.3) is 0 Å². The van der Waals surface area contributed by atoms with Gasteiger partial charge in [-0.15, -0.1) is 0 Å². The van der Waals surface area contributed by atoms with Gasteiger partial charge in [0.15, 0.2) is 0 Å². The van der Waals surface area contributed by atoms with E-state index in [1.165, 1.54) is 25.7 Å². The predicted octanol–water partition coefficient (Wildman–Crippen LogP) is 0.992. The third-order valence-electron chi connectivity index (χ3n) is 3.14. The highest BCUT2D eigenvalue weighted by atomic mass is 15.2. The summed E-state index contributed by atoms with van der Waals surface area (Å²) in [6.07, 6.45) is 4.76. The SMILES string of the molecule is CC(C)C1CCC(NC(N)N)CC1. The second-order valence-corrected chi connectivity index (χ2v) is 4.55. The lowest BCUT2D eigenvalue weighted by Crippen LogP contribution is -2.51. The predicted molar refractivity (Wildman–Crippen MR) is 55.9 cm³/mol. The van der Waals surface area contributed by atoms with E-state index in [-0.39, 0.29) is 6.29 Å². The van der Waals surface area contributed by atoms with Crippen LogP contribution >= 0.6 is 0 Å². The highest BCUT2D eigenvalue weighted by Crippen LogP contribution is 2.29. The third-order valence-corrected chi connectivity index (χ3v) is 3.14. The van der Waals surface area contributed by atoms with Gasteiger partial charge in [-0.05, 0) is 37.5 Å². The van der Waals surface area contributed by atoms with Crippen LogP contribution in [-0.2, 0) is 0 Å². The van der Waals surface area contributed by atoms with E-state index in [1.54, 1.807) is 0 Å². The lowest BCUT2D eigenvalue weighted by atomic mass is 9.80. The minimum absolute atomic E-state index is 0.347. The van der Waals surface area contributed by atoms with Crippen molar-refractivity contribution >= 4 is 0 Å². The Morgan fingerprint density at radius 1 is 1.08 bits per heavy atom. The molecule has 0 saturated heterocycles. The zero-order valence-corrected chi connectivity index (χ0v) is 8.79. The van der Waals surface area contributed by atoms with Gasteiger partial charge in [-0.1, -0.05) is 13.8 Å². The molecule has 1 aliphatic rings. The molecule has 0 atom stereocenters. The minimum atomic E-state index is -0.347. The van der Waals surface area contributed by atoms with Crippen molar-refractivity contribution in [2.75, 3.05) is 0 Å². The number of nitrogens with one attached hydrogen (secondary N) is 1. The van der Waals surface area contributed by atoms with Crippen LogP contribution in [0.2, 0.25) is 0 Å². The standard InChI is InChI=1S/C10H23N3/c1-7(2)8-3-5-9(6-4-8)13-10(11)12/h7-10,13H,3-6,11-12H2,1-2H3. The highest BCUT2D eigenvalue weighted by Gasteiger charge is 2.23. The fourth-order valence-corrected chi connectivity index (χ4v) is 2.22. The molecule has 5 N–H and O–H groups in total. The molecule has 1 rings (SSSR count). The fraction of sp³-hybridized carbons (Fsp3) is 1.00. The third kappa shape index (κ3) is 3.63. The monoisotopic (exact) mass is 185 g/mol. The van der Waals surface area contributed by atoms with Gasteiger partial charge in [-0.3, -0.25) is 5.32 Å². The molecule has 0 unspecified atom stereocenters. The van der Waals surface area contributed by atoms with Gasteiger partial charge in [0.1, 0.15) is 6.29 Å². The lowest BCUT2D eigenvalue weighted by molar-refractivity contribution is 0.229. The van der Waals surface area contributed by atoms with E-state index >= 15 is 0 Å². The molecule has 0 amide bonds. The van der Waals surface area contributed by atoms with E-state index < -0.39 is 0 Å². The first kappa shape index (κ1) is 11.0. The highest BCUT2D eigenvalue weighted by molar-refractivity contribution is 4.78. The quantitative estimate of drug-likeness (QED) is 0.575. The zero-order valence-electron chi connectivity index (χ0n) is 8.79. The number of hydrogen-bond donors (Lipinski definition) is 3. The van der Waals surface area contributed by atoms with E-state index in [0.29, 0.717) is 6.04 Å². The summed E-state index contributed by atoms with van der Waals surface area (Å²) >= 11 is 0. The van der Waals surface area contributed by atoms with Crippen molar-refractivity contribution in [3.05, 3.63) is 0 Å². The van der Waals surface area contributed by atoms with Crippen molar-refractivity contribution in [2.45, 2.75) is 51.9 Å². The summed E-state index contributed by atoms with van der Waals surface area (Å²) in [7, 11) is 0. The van der Waals surface area contributed by atoms with Crippen molar-refractivity contribution in [1.29, 1.82) is 0 Å². The van der Waals surface area contributed by atoms with E-state index in [2.05, 4.69) is 19.2 Å². The Morgan fingerprint density at radius 2 is 1.62 bits per heavy atom. The van der Waals surface area contributed by atoms with Gasteiger partial charge < -0.3 is 11.5 Å². The van der Waals surface area contributed by atoms with E-state index in [0.717, 1.165) is 11.8 Å². The summed E-state index contributed by atoms with van der Waals surface area (Å²) in [4.78, 5) is 0. The Balaban J connectivity index is 2.22. The molecular formula is C10H23N3. The first-order valence-corrected chi connectivity index (χ1v) is 5.37. The minimum Gasteiger partial charge on any atom is -0.304 e. The van der Waals surface area contributed by atoms with Gasteiger partial charge in [0.2, 0.25) is 0 Å². The Morgan fingerprint density at radius 3 is 2.00 bits per heavy atom. The van der Waals surface area contributed by atoms with Crippen LogP contribution in [0.3, 0.4) is 0 Å². The normalized spacial score (nSPS) is 30.0. The van der Waals surface area contributed by atoms with Crippen LogP contribution in [0.5, 0.6) is 0 Å². The van der Waals surface area contributed by atoms with E-state index in [4.69, 9.17) is 11.5 Å². The Hall–Kier alpha value is -0.120. The molecule has 0 spiro atoms. The smallest absolute Gasteiger partial charge is 0.107 e. The van der Waals surface area contributed by atoms with Gasteiger partial charge >= 0.3 is 0 Å². The van der Waals surface area contributed by atoms with Gasteiger partial charge in [0, 0.05) is 6.04 Å². The topological polar surface area (TPSA) is 64.1 Å². The van der Waals surface area contributed by atoms with Crippen molar-refractivity contribution in [3.8, 4) is 0 Å². The van der Waals surface area contributed by atoms with Gasteiger partial charge in [-0.2, -0.15) is 0 Å². The summed E-state index contributed by atoms with van der Waals surface area (Å²) in [6.45, 7) is 4.63. The van der Waals surface area contributed by atoms with Crippen LogP contribution in [0.1, 0.15) is 39.5 Å². The van der Waals surface area contributed by atoms with Crippen molar-refractivity contribution < 1.29 is 0 Å². The van der Waals surface area contributed by atoms with Crippen LogP contribution in [0, 0.1) is 11.8 Å². The molecule has 0 radical (unpaired) electrons. The maximum Gasteiger partial charge on any atom is 0.107 e. The first-order chi connectivity index (χ1) is 6.09. The second kappa shape index (κ2) is 4.94. The van der Waals surface area contributed by atoms with Gasteiger partial charge in [0.05, 0.1) is 0 Å². The molecule has 0 aliphatic heterocycles. The molecule has 0 aromatic heterocycles. The summed E-state index contributed by atoms with van der Waals surface area (Å²) in [6, 6.07) is 0.551. The van der Waals surface area contributed by atoms with Crippen LogP contribution in [-0.4, -0.2) is 12.3 Å². The second-order valence-electron chi connectivity index (χ2n) is 4.55. The molecule has 0 bridgehead atoms. The number of rotatable bonds is 3. The van der Waals surface area contributed by atoms with Crippen LogP contribution in [0.15, 0.2) is 0 Å². The van der Waals surface area contributed by atoms with Crippen molar-refractivity contribution in [2.24, 2.45) is 23.3 Å². The molecule has 0 aromatic rings. The maximum atomic E-state index is 5.48. The van der Waals surface area contributed by atoms with E-state index in [9.17, 15) is 0 Å². The molecule has 0 aromatic carbocycles. The molecule has 1 aliphatic carbocycles. The van der Waals surface area contributed by atoms with Crippen LogP contribution < -0.4 is 16.8 Å². The largest absolute Gasteiger partial charge is 0.304 e. The summed E-state index contributed by atoms with van der Waals surface area (Å²) < 4.78 is 0. The number of nitrogens with two attached hydrogens (primary N) is 2. The Bertz CT molecular complexity index is 137. The molecule has 13 heavy (non-hydrogen) atoms. The molecular weight excluding hydrogens is 162 g/mol. The Labute approximate surface area is 81.2 Å². The van der Waals surface area contributed by atoms with Crippen molar-refractivity contribution in [3.63, 3.8) is 0 Å². The van der Waals surface area contributed by atoms with Crippen molar-refractivity contribution in [1.82, 2.24) is 5.32 Å². The maximum absolute atomic E-state index is 5.48. The molecule has 78 valence electrons. The Kier molecular flexibility index (Phi) is 4.16. The number of hydrogen-bond acceptors (Lipinski definition) is 3. The molecule has 3 nitrogen and oxygen atoms in total. The molecule has 1 fully saturated rings. The fourth-order valence-electron chi connectivity index (χ4n) is 2.22. The first-order valence-electron chi connectivity index (χ1n) is 5.37. The average Bonchev–Trinajstić information content (AvgIpc) is 2.04. The molecule has 1 saturated carbocycles. The van der Waals surface area contributed by atoms with Gasteiger partial charge in [0.25, 0.3) is 0 Å².